The lowest BCUT2D eigenvalue weighted by Crippen LogP contribution is -2.35. The van der Waals surface area contributed by atoms with E-state index in [1.807, 2.05) is 13.8 Å². The summed E-state index contributed by atoms with van der Waals surface area (Å²) in [5.41, 5.74) is 6.93. The summed E-state index contributed by atoms with van der Waals surface area (Å²) in [4.78, 5) is 18.6. The van der Waals surface area contributed by atoms with Crippen LogP contribution in [-0.2, 0) is 10.0 Å². The van der Waals surface area contributed by atoms with Crippen LogP contribution in [0.3, 0.4) is 0 Å². The molecule has 4 rings (SSSR count). The fourth-order valence-corrected chi connectivity index (χ4v) is 5.17. The van der Waals surface area contributed by atoms with E-state index in [1.165, 1.54) is 28.8 Å². The molecule has 0 aliphatic heterocycles. The number of nitrogens with one attached hydrogen (secondary N) is 1. The molecule has 0 aliphatic carbocycles. The normalized spacial score (nSPS) is 12.7. The third-order valence-electron chi connectivity index (χ3n) is 5.62. The van der Waals surface area contributed by atoms with Crippen LogP contribution in [0.4, 0.5) is 5.69 Å². The van der Waals surface area contributed by atoms with Crippen LogP contribution in [0.15, 0.2) is 82.5 Å². The van der Waals surface area contributed by atoms with Crippen LogP contribution in [0.2, 0.25) is 0 Å². The van der Waals surface area contributed by atoms with Gasteiger partial charge in [-0.2, -0.15) is 0 Å². The lowest BCUT2D eigenvalue weighted by atomic mass is 10.0. The van der Waals surface area contributed by atoms with Crippen LogP contribution in [0.5, 0.6) is 5.75 Å². The van der Waals surface area contributed by atoms with Crippen molar-refractivity contribution in [1.82, 2.24) is 14.3 Å². The summed E-state index contributed by atoms with van der Waals surface area (Å²) in [5.74, 6) is 0.974. The van der Waals surface area contributed by atoms with Gasteiger partial charge >= 0.3 is 0 Å². The molecule has 0 spiro atoms. The summed E-state index contributed by atoms with van der Waals surface area (Å²) in [5, 5.41) is 0.434. The number of ether oxygens (including phenoxy) is 1. The van der Waals surface area contributed by atoms with Gasteiger partial charge in [0.15, 0.2) is 0 Å². The van der Waals surface area contributed by atoms with Crippen molar-refractivity contribution >= 4 is 26.6 Å². The zero-order chi connectivity index (χ0) is 25.2. The maximum Gasteiger partial charge on any atom is 0.266 e. The number of fused-ring (bicyclic) bond motifs is 1. The molecule has 0 bridgehead atoms. The number of hydrogen-bond acceptors (Lipinski definition) is 6. The van der Waals surface area contributed by atoms with Gasteiger partial charge in [0.2, 0.25) is 10.0 Å². The number of hydrogen-bond donors (Lipinski definition) is 2. The summed E-state index contributed by atoms with van der Waals surface area (Å²) in [6.07, 6.45) is 0.420. The van der Waals surface area contributed by atoms with Gasteiger partial charge in [0, 0.05) is 11.8 Å². The molecular weight excluding hydrogens is 464 g/mol. The number of methoxy groups -OCH3 is 1. The standard InChI is InChI=1S/C26H28N4O4S/c1-17(2)15-24(29-35(32,33)21-13-11-18(27)12-14-21)25-28-23-10-5-4-9-22(23)26(31)30(25)19-7-6-8-20(16-19)34-3/h4-14,16-17,24,29H,15,27H2,1-3H3. The number of benzene rings is 3. The quantitative estimate of drug-likeness (QED) is 0.359. The molecule has 182 valence electrons. The first kappa shape index (κ1) is 24.4. The van der Waals surface area contributed by atoms with Crippen molar-refractivity contribution < 1.29 is 13.2 Å². The Balaban J connectivity index is 1.94. The molecule has 0 aliphatic rings. The second-order valence-corrected chi connectivity index (χ2v) is 10.4. The van der Waals surface area contributed by atoms with E-state index < -0.39 is 16.1 Å². The molecule has 8 nitrogen and oxygen atoms in total. The molecule has 0 fully saturated rings. The molecule has 9 heteroatoms. The van der Waals surface area contributed by atoms with Gasteiger partial charge in [-0.3, -0.25) is 9.36 Å². The van der Waals surface area contributed by atoms with Gasteiger partial charge in [-0.05, 0) is 60.9 Å². The highest BCUT2D eigenvalue weighted by molar-refractivity contribution is 7.89. The van der Waals surface area contributed by atoms with Crippen molar-refractivity contribution in [3.8, 4) is 11.4 Å². The van der Waals surface area contributed by atoms with Crippen LogP contribution >= 0.6 is 0 Å². The molecule has 0 saturated carbocycles. The molecule has 1 unspecified atom stereocenters. The van der Waals surface area contributed by atoms with Gasteiger partial charge in [0.1, 0.15) is 11.6 Å². The van der Waals surface area contributed by atoms with Gasteiger partial charge in [0.05, 0.1) is 34.6 Å². The SMILES string of the molecule is COc1cccc(-n2c(C(CC(C)C)NS(=O)(=O)c3ccc(N)cc3)nc3ccccc3c2=O)c1. The molecule has 0 saturated heterocycles. The topological polar surface area (TPSA) is 116 Å². The van der Waals surface area contributed by atoms with Crippen molar-refractivity contribution in [1.29, 1.82) is 0 Å². The van der Waals surface area contributed by atoms with Gasteiger partial charge in [0.25, 0.3) is 5.56 Å². The summed E-state index contributed by atoms with van der Waals surface area (Å²) in [6.45, 7) is 3.97. The summed E-state index contributed by atoms with van der Waals surface area (Å²) in [6, 6.07) is 19.3. The fourth-order valence-electron chi connectivity index (χ4n) is 3.96. The first-order valence-electron chi connectivity index (χ1n) is 11.2. The van der Waals surface area contributed by atoms with Crippen LogP contribution in [0.1, 0.15) is 32.1 Å². The van der Waals surface area contributed by atoms with E-state index >= 15 is 0 Å². The number of para-hydroxylation sites is 1. The van der Waals surface area contributed by atoms with Gasteiger partial charge in [-0.15, -0.1) is 0 Å². The van der Waals surface area contributed by atoms with E-state index in [4.69, 9.17) is 15.5 Å². The number of rotatable bonds is 8. The Hall–Kier alpha value is -3.69. The maximum absolute atomic E-state index is 13.7. The number of aromatic nitrogens is 2. The molecule has 3 aromatic carbocycles. The minimum absolute atomic E-state index is 0.0801. The second-order valence-electron chi connectivity index (χ2n) is 8.70. The van der Waals surface area contributed by atoms with Crippen molar-refractivity contribution in [3.63, 3.8) is 0 Å². The van der Waals surface area contributed by atoms with E-state index in [0.29, 0.717) is 40.3 Å². The van der Waals surface area contributed by atoms with Crippen LogP contribution in [-0.4, -0.2) is 25.1 Å². The number of nitrogen functional groups attached to an aromatic ring is 1. The smallest absolute Gasteiger partial charge is 0.266 e. The van der Waals surface area contributed by atoms with E-state index in [1.54, 1.807) is 55.6 Å². The maximum atomic E-state index is 13.7. The Morgan fingerprint density at radius 2 is 1.74 bits per heavy atom. The highest BCUT2D eigenvalue weighted by Gasteiger charge is 2.27. The lowest BCUT2D eigenvalue weighted by molar-refractivity contribution is 0.414. The fraction of sp³-hybridized carbons (Fsp3) is 0.231. The molecular formula is C26H28N4O4S. The minimum atomic E-state index is -3.93. The number of anilines is 1. The van der Waals surface area contributed by atoms with E-state index in [2.05, 4.69) is 4.72 Å². The Labute approximate surface area is 204 Å². The Kier molecular flexibility index (Phi) is 6.90. The van der Waals surface area contributed by atoms with Gasteiger partial charge in [-0.1, -0.05) is 32.0 Å². The number of nitrogens with two attached hydrogens (primary N) is 1. The predicted octanol–water partition coefficient (Wildman–Crippen LogP) is 4.04. The second kappa shape index (κ2) is 9.89. The predicted molar refractivity (Wildman–Crippen MR) is 137 cm³/mol. The third-order valence-corrected chi connectivity index (χ3v) is 7.11. The Morgan fingerprint density at radius 1 is 1.03 bits per heavy atom. The van der Waals surface area contributed by atoms with Crippen LogP contribution < -0.4 is 20.8 Å². The first-order chi connectivity index (χ1) is 16.7. The molecule has 35 heavy (non-hydrogen) atoms. The number of nitrogens with zero attached hydrogens (tertiary/aromatic N) is 2. The molecule has 3 N–H and O–H groups in total. The third kappa shape index (κ3) is 5.21. The zero-order valence-electron chi connectivity index (χ0n) is 19.8. The van der Waals surface area contributed by atoms with Crippen molar-refractivity contribution in [2.45, 2.75) is 31.2 Å². The molecule has 1 aromatic heterocycles. The summed E-state index contributed by atoms with van der Waals surface area (Å²) in [7, 11) is -2.39. The monoisotopic (exact) mass is 492 g/mol. The highest BCUT2D eigenvalue weighted by atomic mass is 32.2. The number of sulfonamides is 1. The Bertz CT molecular complexity index is 1510. The molecule has 0 radical (unpaired) electrons. The van der Waals surface area contributed by atoms with E-state index in [-0.39, 0.29) is 16.4 Å². The van der Waals surface area contributed by atoms with Crippen LogP contribution in [0.25, 0.3) is 16.6 Å². The van der Waals surface area contributed by atoms with Crippen LogP contribution in [0, 0.1) is 5.92 Å². The zero-order valence-corrected chi connectivity index (χ0v) is 20.6. The molecule has 1 heterocycles. The average molecular weight is 493 g/mol. The average Bonchev–Trinajstić information content (AvgIpc) is 2.83. The largest absolute Gasteiger partial charge is 0.497 e. The van der Waals surface area contributed by atoms with E-state index in [9.17, 15) is 13.2 Å². The molecule has 1 atom stereocenters. The highest BCUT2D eigenvalue weighted by Crippen LogP contribution is 2.27. The van der Waals surface area contributed by atoms with Crippen molar-refractivity contribution in [2.24, 2.45) is 5.92 Å². The summed E-state index contributed by atoms with van der Waals surface area (Å²) >= 11 is 0. The summed E-state index contributed by atoms with van der Waals surface area (Å²) < 4.78 is 36.2. The molecule has 4 aromatic rings. The van der Waals surface area contributed by atoms with Crippen molar-refractivity contribution in [3.05, 3.63) is 89.0 Å². The lowest BCUT2D eigenvalue weighted by Gasteiger charge is -2.24. The Morgan fingerprint density at radius 3 is 2.43 bits per heavy atom. The minimum Gasteiger partial charge on any atom is -0.497 e. The van der Waals surface area contributed by atoms with E-state index in [0.717, 1.165) is 0 Å². The van der Waals surface area contributed by atoms with Crippen molar-refractivity contribution in [2.75, 3.05) is 12.8 Å². The first-order valence-corrected chi connectivity index (χ1v) is 12.7. The van der Waals surface area contributed by atoms with Gasteiger partial charge in [-0.25, -0.2) is 18.1 Å². The van der Waals surface area contributed by atoms with Gasteiger partial charge < -0.3 is 10.5 Å². The molecule has 0 amide bonds.